The van der Waals surface area contributed by atoms with Crippen molar-refractivity contribution in [2.45, 2.75) is 32.4 Å². The molecule has 1 aromatic carbocycles. The average molecular weight is 283 g/mol. The zero-order chi connectivity index (χ0) is 13.8. The first-order chi connectivity index (χ1) is 9.15. The number of fused-ring (bicyclic) bond motifs is 1. The SMILES string of the molecule is COc1ccc2c(c1)nc(CCl)n2CCOC(C)C. The minimum atomic E-state index is 0.231. The molecule has 0 saturated heterocycles. The second kappa shape index (κ2) is 6.26. The number of aromatic nitrogens is 2. The van der Waals surface area contributed by atoms with Crippen LogP contribution in [-0.2, 0) is 17.2 Å². The summed E-state index contributed by atoms with van der Waals surface area (Å²) in [5.41, 5.74) is 1.96. The van der Waals surface area contributed by atoms with Gasteiger partial charge in [0.1, 0.15) is 11.6 Å². The second-order valence-corrected chi connectivity index (χ2v) is 4.85. The van der Waals surface area contributed by atoms with Crippen molar-refractivity contribution in [3.05, 3.63) is 24.0 Å². The molecule has 104 valence electrons. The number of benzene rings is 1. The molecule has 0 aliphatic heterocycles. The van der Waals surface area contributed by atoms with E-state index in [1.807, 2.05) is 32.0 Å². The molecule has 0 spiro atoms. The van der Waals surface area contributed by atoms with E-state index in [0.29, 0.717) is 12.5 Å². The summed E-state index contributed by atoms with van der Waals surface area (Å²) in [5.74, 6) is 2.05. The highest BCUT2D eigenvalue weighted by Gasteiger charge is 2.10. The van der Waals surface area contributed by atoms with Gasteiger partial charge in [-0.3, -0.25) is 0 Å². The Labute approximate surface area is 118 Å². The smallest absolute Gasteiger partial charge is 0.124 e. The van der Waals surface area contributed by atoms with Crippen LogP contribution in [0.4, 0.5) is 0 Å². The minimum absolute atomic E-state index is 0.231. The topological polar surface area (TPSA) is 36.3 Å². The van der Waals surface area contributed by atoms with Gasteiger partial charge in [0.25, 0.3) is 0 Å². The molecule has 5 heteroatoms. The first-order valence-electron chi connectivity index (χ1n) is 6.36. The number of methoxy groups -OCH3 is 1. The first-order valence-corrected chi connectivity index (χ1v) is 6.90. The molecule has 0 aliphatic carbocycles. The highest BCUT2D eigenvalue weighted by molar-refractivity contribution is 6.16. The molecule has 0 unspecified atom stereocenters. The van der Waals surface area contributed by atoms with Gasteiger partial charge in [-0.1, -0.05) is 0 Å². The van der Waals surface area contributed by atoms with Gasteiger partial charge in [0.05, 0.1) is 36.7 Å². The maximum absolute atomic E-state index is 5.96. The van der Waals surface area contributed by atoms with Crippen molar-refractivity contribution < 1.29 is 9.47 Å². The molecule has 0 atom stereocenters. The fourth-order valence-electron chi connectivity index (χ4n) is 2.02. The Balaban J connectivity index is 2.29. The van der Waals surface area contributed by atoms with E-state index < -0.39 is 0 Å². The quantitative estimate of drug-likeness (QED) is 0.764. The number of imidazole rings is 1. The van der Waals surface area contributed by atoms with Crippen LogP contribution in [0, 0.1) is 0 Å². The van der Waals surface area contributed by atoms with E-state index in [0.717, 1.165) is 29.2 Å². The molecule has 0 N–H and O–H groups in total. The van der Waals surface area contributed by atoms with Gasteiger partial charge in [-0.25, -0.2) is 4.98 Å². The van der Waals surface area contributed by atoms with Gasteiger partial charge in [0.2, 0.25) is 0 Å². The van der Waals surface area contributed by atoms with Crippen LogP contribution in [-0.4, -0.2) is 29.4 Å². The maximum Gasteiger partial charge on any atom is 0.124 e. The summed E-state index contributed by atoms with van der Waals surface area (Å²) in [4.78, 5) is 4.53. The molecular formula is C14H19ClN2O2. The molecule has 0 radical (unpaired) electrons. The number of halogens is 1. The van der Waals surface area contributed by atoms with E-state index in [2.05, 4.69) is 9.55 Å². The lowest BCUT2D eigenvalue weighted by Crippen LogP contribution is -2.12. The Hall–Kier alpha value is -1.26. The summed E-state index contributed by atoms with van der Waals surface area (Å²) in [7, 11) is 1.65. The van der Waals surface area contributed by atoms with E-state index in [1.165, 1.54) is 0 Å². The predicted octanol–water partition coefficient (Wildman–Crippen LogP) is 3.21. The third kappa shape index (κ3) is 3.19. The lowest BCUT2D eigenvalue weighted by Gasteiger charge is -2.10. The lowest BCUT2D eigenvalue weighted by atomic mass is 10.3. The Morgan fingerprint density at radius 3 is 2.79 bits per heavy atom. The molecule has 1 heterocycles. The van der Waals surface area contributed by atoms with Crippen LogP contribution in [0.1, 0.15) is 19.7 Å². The van der Waals surface area contributed by atoms with Crippen molar-refractivity contribution in [3.8, 4) is 5.75 Å². The summed E-state index contributed by atoms with van der Waals surface area (Å²) < 4.78 is 12.9. The summed E-state index contributed by atoms with van der Waals surface area (Å²) in [6.45, 7) is 5.46. The number of hydrogen-bond acceptors (Lipinski definition) is 3. The van der Waals surface area contributed by atoms with E-state index >= 15 is 0 Å². The van der Waals surface area contributed by atoms with Crippen molar-refractivity contribution in [1.29, 1.82) is 0 Å². The Morgan fingerprint density at radius 2 is 2.16 bits per heavy atom. The fraction of sp³-hybridized carbons (Fsp3) is 0.500. The molecular weight excluding hydrogens is 264 g/mol. The van der Waals surface area contributed by atoms with Gasteiger partial charge in [-0.05, 0) is 26.0 Å². The third-order valence-electron chi connectivity index (χ3n) is 2.92. The summed E-state index contributed by atoms with van der Waals surface area (Å²) in [6, 6.07) is 5.86. The van der Waals surface area contributed by atoms with E-state index in [1.54, 1.807) is 7.11 Å². The fourth-order valence-corrected chi connectivity index (χ4v) is 2.22. The zero-order valence-corrected chi connectivity index (χ0v) is 12.3. The van der Waals surface area contributed by atoms with Crippen molar-refractivity contribution in [1.82, 2.24) is 9.55 Å². The van der Waals surface area contributed by atoms with Crippen LogP contribution in [0.25, 0.3) is 11.0 Å². The highest BCUT2D eigenvalue weighted by atomic mass is 35.5. The highest BCUT2D eigenvalue weighted by Crippen LogP contribution is 2.22. The van der Waals surface area contributed by atoms with Gasteiger partial charge in [-0.15, -0.1) is 11.6 Å². The van der Waals surface area contributed by atoms with Gasteiger partial charge < -0.3 is 14.0 Å². The van der Waals surface area contributed by atoms with Crippen molar-refractivity contribution in [2.24, 2.45) is 0 Å². The number of hydrogen-bond donors (Lipinski definition) is 0. The summed E-state index contributed by atoms with van der Waals surface area (Å²) in [5, 5.41) is 0. The van der Waals surface area contributed by atoms with Crippen molar-refractivity contribution >= 4 is 22.6 Å². The second-order valence-electron chi connectivity index (χ2n) is 4.59. The van der Waals surface area contributed by atoms with Crippen molar-refractivity contribution in [3.63, 3.8) is 0 Å². The van der Waals surface area contributed by atoms with Crippen LogP contribution >= 0.6 is 11.6 Å². The molecule has 0 aliphatic rings. The normalized spacial score (nSPS) is 11.4. The molecule has 4 nitrogen and oxygen atoms in total. The number of rotatable bonds is 6. The molecule has 0 saturated carbocycles. The largest absolute Gasteiger partial charge is 0.497 e. The molecule has 0 amide bonds. The van der Waals surface area contributed by atoms with E-state index in [9.17, 15) is 0 Å². The number of nitrogens with zero attached hydrogens (tertiary/aromatic N) is 2. The van der Waals surface area contributed by atoms with Gasteiger partial charge in [0, 0.05) is 12.6 Å². The third-order valence-corrected chi connectivity index (χ3v) is 3.16. The van der Waals surface area contributed by atoms with Crippen molar-refractivity contribution in [2.75, 3.05) is 13.7 Å². The van der Waals surface area contributed by atoms with Gasteiger partial charge in [-0.2, -0.15) is 0 Å². The van der Waals surface area contributed by atoms with Crippen LogP contribution in [0.5, 0.6) is 5.75 Å². The standard InChI is InChI=1S/C14H19ClN2O2/c1-10(2)19-7-6-17-13-5-4-11(18-3)8-12(13)16-14(17)9-15/h4-5,8,10H,6-7,9H2,1-3H3. The number of alkyl halides is 1. The Morgan fingerprint density at radius 1 is 1.37 bits per heavy atom. The summed E-state index contributed by atoms with van der Waals surface area (Å²) >= 11 is 5.96. The van der Waals surface area contributed by atoms with E-state index in [-0.39, 0.29) is 6.10 Å². The average Bonchev–Trinajstić information content (AvgIpc) is 2.75. The molecule has 2 rings (SSSR count). The van der Waals surface area contributed by atoms with Crippen LogP contribution in [0.2, 0.25) is 0 Å². The minimum Gasteiger partial charge on any atom is -0.497 e. The monoisotopic (exact) mass is 282 g/mol. The molecule has 1 aromatic heterocycles. The Kier molecular flexibility index (Phi) is 4.66. The number of ether oxygens (including phenoxy) is 2. The van der Waals surface area contributed by atoms with Crippen LogP contribution in [0.3, 0.4) is 0 Å². The Bertz CT molecular complexity index is 552. The first kappa shape index (κ1) is 14.2. The zero-order valence-electron chi connectivity index (χ0n) is 11.5. The lowest BCUT2D eigenvalue weighted by molar-refractivity contribution is 0.0729. The molecule has 0 fully saturated rings. The maximum atomic E-state index is 5.96. The van der Waals surface area contributed by atoms with Gasteiger partial charge >= 0.3 is 0 Å². The van der Waals surface area contributed by atoms with E-state index in [4.69, 9.17) is 21.1 Å². The molecule has 0 bridgehead atoms. The van der Waals surface area contributed by atoms with Gasteiger partial charge in [0.15, 0.2) is 0 Å². The predicted molar refractivity (Wildman–Crippen MR) is 76.9 cm³/mol. The van der Waals surface area contributed by atoms with Crippen LogP contribution in [0.15, 0.2) is 18.2 Å². The van der Waals surface area contributed by atoms with Crippen LogP contribution < -0.4 is 4.74 Å². The summed E-state index contributed by atoms with van der Waals surface area (Å²) in [6.07, 6.45) is 0.231. The molecule has 2 aromatic rings. The molecule has 19 heavy (non-hydrogen) atoms.